The highest BCUT2D eigenvalue weighted by Gasteiger charge is 2.26. The van der Waals surface area contributed by atoms with Gasteiger partial charge in [-0.15, -0.1) is 0 Å². The molecule has 0 unspecified atom stereocenters. The Kier molecular flexibility index (Phi) is 4.28. The van der Waals surface area contributed by atoms with Crippen molar-refractivity contribution in [3.05, 3.63) is 84.2 Å². The van der Waals surface area contributed by atoms with Gasteiger partial charge in [0.15, 0.2) is 0 Å². The highest BCUT2D eigenvalue weighted by molar-refractivity contribution is 5.96. The topological polar surface area (TPSA) is 56.1 Å². The van der Waals surface area contributed by atoms with Crippen LogP contribution >= 0.6 is 0 Å². The van der Waals surface area contributed by atoms with Crippen LogP contribution < -0.4 is 5.32 Å². The lowest BCUT2D eigenvalue weighted by Crippen LogP contribution is -2.08. The average molecular weight is 383 g/mol. The number of nitrogens with one attached hydrogen (secondary N) is 1. The summed E-state index contributed by atoms with van der Waals surface area (Å²) in [6, 6.07) is 20.3. The van der Waals surface area contributed by atoms with Crippen molar-refractivity contribution in [1.82, 2.24) is 9.55 Å². The third-order valence-electron chi connectivity index (χ3n) is 5.35. The number of ether oxygens (including phenoxy) is 1. The lowest BCUT2D eigenvalue weighted by molar-refractivity contribution is 0.0601. The molecule has 2 heterocycles. The standard InChI is InChI=1S/C24H21N3O2/c1-29-24(28)21-13-18(16-7-8-16)15-25-23(21)26-19-10-9-17-11-12-27(22(17)14-19)20-5-3-2-4-6-20/h2-6,9-16H,7-8H2,1H3,(H,25,26). The van der Waals surface area contributed by atoms with Crippen LogP contribution in [0.4, 0.5) is 11.5 Å². The fourth-order valence-corrected chi connectivity index (χ4v) is 3.64. The molecule has 0 amide bonds. The Morgan fingerprint density at radius 1 is 1.10 bits per heavy atom. The summed E-state index contributed by atoms with van der Waals surface area (Å²) in [5.41, 5.74) is 4.61. The zero-order chi connectivity index (χ0) is 19.8. The molecule has 5 rings (SSSR count). The molecule has 1 fully saturated rings. The zero-order valence-corrected chi connectivity index (χ0v) is 16.1. The fraction of sp³-hybridized carbons (Fsp3) is 0.167. The molecule has 4 aromatic rings. The summed E-state index contributed by atoms with van der Waals surface area (Å²) in [5.74, 6) is 0.653. The van der Waals surface area contributed by atoms with Gasteiger partial charge in [0.2, 0.25) is 0 Å². The number of nitrogens with zero attached hydrogens (tertiary/aromatic N) is 2. The average Bonchev–Trinajstić information content (AvgIpc) is 3.53. The van der Waals surface area contributed by atoms with Crippen molar-refractivity contribution < 1.29 is 9.53 Å². The van der Waals surface area contributed by atoms with Crippen molar-refractivity contribution in [1.29, 1.82) is 0 Å². The molecule has 2 aromatic carbocycles. The van der Waals surface area contributed by atoms with Crippen LogP contribution in [0.5, 0.6) is 0 Å². The molecule has 1 aliphatic carbocycles. The third-order valence-corrected chi connectivity index (χ3v) is 5.35. The van der Waals surface area contributed by atoms with E-state index in [2.05, 4.69) is 51.4 Å². The van der Waals surface area contributed by atoms with Crippen LogP contribution in [0.1, 0.15) is 34.7 Å². The number of esters is 1. The van der Waals surface area contributed by atoms with Crippen molar-refractivity contribution in [2.45, 2.75) is 18.8 Å². The number of benzene rings is 2. The van der Waals surface area contributed by atoms with E-state index in [1.54, 1.807) is 0 Å². The van der Waals surface area contributed by atoms with Crippen molar-refractivity contribution in [2.75, 3.05) is 12.4 Å². The maximum Gasteiger partial charge on any atom is 0.341 e. The normalized spacial score (nSPS) is 13.4. The Hall–Kier alpha value is -3.60. The van der Waals surface area contributed by atoms with Crippen LogP contribution in [0.25, 0.3) is 16.6 Å². The van der Waals surface area contributed by atoms with Gasteiger partial charge in [-0.3, -0.25) is 0 Å². The second-order valence-electron chi connectivity index (χ2n) is 7.35. The highest BCUT2D eigenvalue weighted by atomic mass is 16.5. The fourth-order valence-electron chi connectivity index (χ4n) is 3.64. The summed E-state index contributed by atoms with van der Waals surface area (Å²) in [4.78, 5) is 16.9. The van der Waals surface area contributed by atoms with Gasteiger partial charge >= 0.3 is 5.97 Å². The number of pyridine rings is 1. The van der Waals surface area contributed by atoms with E-state index < -0.39 is 0 Å². The second-order valence-corrected chi connectivity index (χ2v) is 7.35. The number of carbonyl (C=O) groups excluding carboxylic acids is 1. The minimum atomic E-state index is -0.378. The molecular formula is C24H21N3O2. The molecule has 0 aliphatic heterocycles. The van der Waals surface area contributed by atoms with Crippen LogP contribution in [0.3, 0.4) is 0 Å². The molecule has 1 saturated carbocycles. The molecule has 5 nitrogen and oxygen atoms in total. The third kappa shape index (κ3) is 3.36. The SMILES string of the molecule is COC(=O)c1cc(C2CC2)cnc1Nc1ccc2ccn(-c3ccccc3)c2c1. The largest absolute Gasteiger partial charge is 0.465 e. The van der Waals surface area contributed by atoms with Crippen molar-refractivity contribution >= 4 is 28.4 Å². The summed E-state index contributed by atoms with van der Waals surface area (Å²) in [6.07, 6.45) is 6.23. The van der Waals surface area contributed by atoms with Crippen LogP contribution in [-0.2, 0) is 4.74 Å². The van der Waals surface area contributed by atoms with E-state index in [9.17, 15) is 4.79 Å². The van der Waals surface area contributed by atoms with E-state index in [0.717, 1.165) is 40.7 Å². The number of para-hydroxylation sites is 1. The molecule has 0 bridgehead atoms. The van der Waals surface area contributed by atoms with E-state index in [0.29, 0.717) is 17.3 Å². The van der Waals surface area contributed by atoms with Crippen LogP contribution in [0, 0.1) is 0 Å². The first-order valence-electron chi connectivity index (χ1n) is 9.75. The molecule has 0 saturated heterocycles. The summed E-state index contributed by atoms with van der Waals surface area (Å²) in [5, 5.41) is 4.45. The molecule has 0 radical (unpaired) electrons. The Morgan fingerprint density at radius 3 is 2.69 bits per heavy atom. The minimum absolute atomic E-state index is 0.378. The first-order valence-corrected chi connectivity index (χ1v) is 9.75. The van der Waals surface area contributed by atoms with Crippen LogP contribution in [0.15, 0.2) is 73.1 Å². The van der Waals surface area contributed by atoms with Crippen molar-refractivity contribution in [3.8, 4) is 5.69 Å². The van der Waals surface area contributed by atoms with Gasteiger partial charge in [-0.1, -0.05) is 24.3 Å². The minimum Gasteiger partial charge on any atom is -0.465 e. The Balaban J connectivity index is 1.53. The van der Waals surface area contributed by atoms with Gasteiger partial charge in [-0.25, -0.2) is 9.78 Å². The summed E-state index contributed by atoms with van der Waals surface area (Å²) >= 11 is 0. The summed E-state index contributed by atoms with van der Waals surface area (Å²) in [7, 11) is 1.40. The van der Waals surface area contributed by atoms with Gasteiger partial charge in [-0.2, -0.15) is 0 Å². The predicted molar refractivity (Wildman–Crippen MR) is 114 cm³/mol. The first-order chi connectivity index (χ1) is 14.2. The number of aromatic nitrogens is 2. The van der Waals surface area contributed by atoms with Crippen LogP contribution in [0.2, 0.25) is 0 Å². The molecular weight excluding hydrogens is 362 g/mol. The van der Waals surface area contributed by atoms with Gasteiger partial charge < -0.3 is 14.6 Å². The molecule has 1 N–H and O–H groups in total. The molecule has 0 spiro atoms. The second kappa shape index (κ2) is 7.09. The summed E-state index contributed by atoms with van der Waals surface area (Å²) in [6.45, 7) is 0. The quantitative estimate of drug-likeness (QED) is 0.467. The van der Waals surface area contributed by atoms with E-state index in [-0.39, 0.29) is 5.97 Å². The lowest BCUT2D eigenvalue weighted by Gasteiger charge is -2.12. The lowest BCUT2D eigenvalue weighted by atomic mass is 10.1. The monoisotopic (exact) mass is 383 g/mol. The van der Waals surface area contributed by atoms with Gasteiger partial charge in [0, 0.05) is 29.2 Å². The molecule has 1 aliphatic rings. The zero-order valence-electron chi connectivity index (χ0n) is 16.1. The van der Waals surface area contributed by atoms with E-state index in [4.69, 9.17) is 4.74 Å². The molecule has 0 atom stereocenters. The van der Waals surface area contributed by atoms with E-state index in [1.807, 2.05) is 36.5 Å². The van der Waals surface area contributed by atoms with Gasteiger partial charge in [-0.05, 0) is 60.7 Å². The summed E-state index contributed by atoms with van der Waals surface area (Å²) < 4.78 is 7.13. The van der Waals surface area contributed by atoms with Gasteiger partial charge in [0.1, 0.15) is 11.4 Å². The first kappa shape index (κ1) is 17.5. The number of carbonyl (C=O) groups is 1. The number of hydrogen-bond acceptors (Lipinski definition) is 4. The number of fused-ring (bicyclic) bond motifs is 1. The predicted octanol–water partition coefficient (Wildman–Crippen LogP) is 5.43. The highest BCUT2D eigenvalue weighted by Crippen LogP contribution is 2.40. The van der Waals surface area contributed by atoms with Gasteiger partial charge in [0.25, 0.3) is 0 Å². The number of methoxy groups -OCH3 is 1. The number of hydrogen-bond donors (Lipinski definition) is 1. The molecule has 2 aromatic heterocycles. The molecule has 144 valence electrons. The smallest absolute Gasteiger partial charge is 0.341 e. The Labute approximate surface area is 169 Å². The van der Waals surface area contributed by atoms with Crippen LogP contribution in [-0.4, -0.2) is 22.6 Å². The van der Waals surface area contributed by atoms with Crippen molar-refractivity contribution in [3.63, 3.8) is 0 Å². The number of anilines is 2. The Morgan fingerprint density at radius 2 is 1.93 bits per heavy atom. The van der Waals surface area contributed by atoms with E-state index in [1.165, 1.54) is 7.11 Å². The van der Waals surface area contributed by atoms with Gasteiger partial charge in [0.05, 0.1) is 12.6 Å². The molecule has 5 heteroatoms. The molecule has 29 heavy (non-hydrogen) atoms. The maximum atomic E-state index is 12.3. The Bertz CT molecular complexity index is 1190. The van der Waals surface area contributed by atoms with Crippen molar-refractivity contribution in [2.24, 2.45) is 0 Å². The number of rotatable bonds is 5. The maximum absolute atomic E-state index is 12.3. The van der Waals surface area contributed by atoms with E-state index >= 15 is 0 Å².